The Morgan fingerprint density at radius 3 is 2.71 bits per heavy atom. The maximum atomic E-state index is 11.6. The van der Waals surface area contributed by atoms with Gasteiger partial charge in [-0.15, -0.1) is 11.3 Å². The molecule has 0 radical (unpaired) electrons. The highest BCUT2D eigenvalue weighted by atomic mass is 32.1. The third-order valence-electron chi connectivity index (χ3n) is 1.84. The van der Waals surface area contributed by atoms with Crippen LogP contribution in [0.3, 0.4) is 0 Å². The number of carbonyl (C=O) groups excluding carboxylic acids is 1. The first kappa shape index (κ1) is 11.2. The highest BCUT2D eigenvalue weighted by Crippen LogP contribution is 2.20. The average molecular weight is 213 g/mol. The van der Waals surface area contributed by atoms with Crippen molar-refractivity contribution in [2.75, 3.05) is 6.54 Å². The van der Waals surface area contributed by atoms with Gasteiger partial charge in [0, 0.05) is 16.3 Å². The number of carbonyl (C=O) groups is 1. The van der Waals surface area contributed by atoms with Gasteiger partial charge in [-0.2, -0.15) is 0 Å². The molecule has 1 atom stereocenters. The zero-order valence-corrected chi connectivity index (χ0v) is 9.44. The minimum absolute atomic E-state index is 0.104. The molecule has 0 aliphatic rings. The molecule has 1 aromatic rings. The fourth-order valence-corrected chi connectivity index (χ4v) is 2.11. The molecule has 4 heteroatoms. The lowest BCUT2D eigenvalue weighted by atomic mass is 10.2. The van der Waals surface area contributed by atoms with Crippen molar-refractivity contribution in [3.8, 4) is 0 Å². The quantitative estimate of drug-likeness (QED) is 0.799. The first-order valence-corrected chi connectivity index (χ1v) is 5.35. The predicted molar refractivity (Wildman–Crippen MR) is 57.8 cm³/mol. The summed E-state index contributed by atoms with van der Waals surface area (Å²) in [6.07, 6.45) is -0.501. The minimum atomic E-state index is -0.501. The topological polar surface area (TPSA) is 49.3 Å². The number of aliphatic hydroxyl groups excluding tert-OH is 1. The Morgan fingerprint density at radius 2 is 2.29 bits per heavy atom. The number of hydrogen-bond acceptors (Lipinski definition) is 3. The van der Waals surface area contributed by atoms with Crippen LogP contribution >= 0.6 is 11.3 Å². The lowest BCUT2D eigenvalue weighted by Crippen LogP contribution is -2.30. The van der Waals surface area contributed by atoms with Crippen molar-refractivity contribution < 1.29 is 9.90 Å². The van der Waals surface area contributed by atoms with Gasteiger partial charge < -0.3 is 10.4 Å². The number of aliphatic hydroxyl groups is 1. The van der Waals surface area contributed by atoms with E-state index in [4.69, 9.17) is 5.11 Å². The molecule has 1 heterocycles. The van der Waals surface area contributed by atoms with Crippen molar-refractivity contribution >= 4 is 17.2 Å². The fraction of sp³-hybridized carbons (Fsp3) is 0.500. The largest absolute Gasteiger partial charge is 0.392 e. The van der Waals surface area contributed by atoms with E-state index in [2.05, 4.69) is 5.32 Å². The highest BCUT2D eigenvalue weighted by Gasteiger charge is 2.11. The summed E-state index contributed by atoms with van der Waals surface area (Å²) in [5, 5.41) is 11.7. The van der Waals surface area contributed by atoms with Gasteiger partial charge in [-0.3, -0.25) is 4.79 Å². The van der Waals surface area contributed by atoms with Crippen molar-refractivity contribution in [1.29, 1.82) is 0 Å². The van der Waals surface area contributed by atoms with E-state index in [-0.39, 0.29) is 5.91 Å². The number of aryl methyl sites for hydroxylation is 2. The smallest absolute Gasteiger partial charge is 0.252 e. The molecule has 0 saturated heterocycles. The maximum absolute atomic E-state index is 11.6. The second-order valence-corrected chi connectivity index (χ2v) is 4.85. The van der Waals surface area contributed by atoms with Gasteiger partial charge in [0.1, 0.15) is 0 Å². The molecule has 1 amide bonds. The van der Waals surface area contributed by atoms with Gasteiger partial charge in [-0.1, -0.05) is 0 Å². The molecule has 1 rings (SSSR count). The number of nitrogens with one attached hydrogen (secondary N) is 1. The Morgan fingerprint density at radius 1 is 1.64 bits per heavy atom. The van der Waals surface area contributed by atoms with E-state index in [1.807, 2.05) is 19.9 Å². The summed E-state index contributed by atoms with van der Waals surface area (Å²) in [5.74, 6) is -0.104. The van der Waals surface area contributed by atoms with Crippen LogP contribution in [0, 0.1) is 13.8 Å². The Kier molecular flexibility index (Phi) is 3.66. The second kappa shape index (κ2) is 4.57. The van der Waals surface area contributed by atoms with E-state index in [0.29, 0.717) is 12.1 Å². The van der Waals surface area contributed by atoms with E-state index in [9.17, 15) is 4.79 Å². The Balaban J connectivity index is 2.65. The Hall–Kier alpha value is -0.870. The van der Waals surface area contributed by atoms with Gasteiger partial charge in [-0.05, 0) is 26.8 Å². The standard InChI is InChI=1S/C10H15NO2S/c1-6(12)5-11-10(13)9-4-7(2)14-8(9)3/h4,6,12H,5H2,1-3H3,(H,11,13)/t6-/m0/s1. The Bertz CT molecular complexity index is 331. The van der Waals surface area contributed by atoms with Crippen molar-refractivity contribution in [3.05, 3.63) is 21.4 Å². The molecular weight excluding hydrogens is 198 g/mol. The van der Waals surface area contributed by atoms with Crippen LogP contribution in [0.15, 0.2) is 6.07 Å². The SMILES string of the molecule is Cc1cc(C(=O)NC[C@H](C)O)c(C)s1. The van der Waals surface area contributed by atoms with Gasteiger partial charge in [0.25, 0.3) is 5.91 Å². The van der Waals surface area contributed by atoms with Gasteiger partial charge in [-0.25, -0.2) is 0 Å². The first-order valence-electron chi connectivity index (χ1n) is 4.54. The van der Waals surface area contributed by atoms with Crippen molar-refractivity contribution in [3.63, 3.8) is 0 Å². The average Bonchev–Trinajstić information content (AvgIpc) is 2.41. The van der Waals surface area contributed by atoms with E-state index < -0.39 is 6.10 Å². The third kappa shape index (κ3) is 2.82. The van der Waals surface area contributed by atoms with Crippen molar-refractivity contribution in [1.82, 2.24) is 5.32 Å². The van der Waals surface area contributed by atoms with Crippen LogP contribution in [-0.4, -0.2) is 23.7 Å². The normalized spacial score (nSPS) is 12.6. The van der Waals surface area contributed by atoms with Crippen LogP contribution in [0.5, 0.6) is 0 Å². The second-order valence-electron chi connectivity index (χ2n) is 3.39. The lowest BCUT2D eigenvalue weighted by Gasteiger charge is -2.06. The number of amides is 1. The number of hydrogen-bond donors (Lipinski definition) is 2. The van der Waals surface area contributed by atoms with Crippen LogP contribution < -0.4 is 5.32 Å². The predicted octanol–water partition coefficient (Wildman–Crippen LogP) is 1.48. The van der Waals surface area contributed by atoms with Crippen LogP contribution in [-0.2, 0) is 0 Å². The zero-order valence-electron chi connectivity index (χ0n) is 8.63. The first-order chi connectivity index (χ1) is 6.50. The number of thiophene rings is 1. The van der Waals surface area contributed by atoms with E-state index in [1.54, 1.807) is 18.3 Å². The highest BCUT2D eigenvalue weighted by molar-refractivity contribution is 7.12. The molecule has 1 aromatic heterocycles. The van der Waals surface area contributed by atoms with Crippen LogP contribution in [0.25, 0.3) is 0 Å². The third-order valence-corrected chi connectivity index (χ3v) is 2.81. The monoisotopic (exact) mass is 213 g/mol. The lowest BCUT2D eigenvalue weighted by molar-refractivity contribution is 0.0924. The van der Waals surface area contributed by atoms with Crippen LogP contribution in [0.1, 0.15) is 27.0 Å². The molecule has 2 N–H and O–H groups in total. The molecule has 0 unspecified atom stereocenters. The minimum Gasteiger partial charge on any atom is -0.392 e. The summed E-state index contributed by atoms with van der Waals surface area (Å²) in [7, 11) is 0. The fourth-order valence-electron chi connectivity index (χ4n) is 1.19. The van der Waals surface area contributed by atoms with Gasteiger partial charge >= 0.3 is 0 Å². The van der Waals surface area contributed by atoms with E-state index in [1.165, 1.54) is 0 Å². The van der Waals surface area contributed by atoms with Gasteiger partial charge in [0.05, 0.1) is 11.7 Å². The molecule has 78 valence electrons. The summed E-state index contributed by atoms with van der Waals surface area (Å²) in [6.45, 7) is 5.84. The molecule has 0 aliphatic heterocycles. The maximum Gasteiger partial charge on any atom is 0.252 e. The van der Waals surface area contributed by atoms with E-state index >= 15 is 0 Å². The summed E-state index contributed by atoms with van der Waals surface area (Å²) < 4.78 is 0. The zero-order chi connectivity index (χ0) is 10.7. The molecule has 0 saturated carbocycles. The Labute approximate surface area is 87.8 Å². The molecule has 0 bridgehead atoms. The molecule has 0 aliphatic carbocycles. The summed E-state index contributed by atoms with van der Waals surface area (Å²) in [6, 6.07) is 1.87. The summed E-state index contributed by atoms with van der Waals surface area (Å²) in [4.78, 5) is 13.7. The van der Waals surface area contributed by atoms with Crippen molar-refractivity contribution in [2.24, 2.45) is 0 Å². The molecule has 0 spiro atoms. The van der Waals surface area contributed by atoms with Gasteiger partial charge in [0.2, 0.25) is 0 Å². The molecule has 14 heavy (non-hydrogen) atoms. The summed E-state index contributed by atoms with van der Waals surface area (Å²) >= 11 is 1.61. The molecule has 0 fully saturated rings. The van der Waals surface area contributed by atoms with Crippen molar-refractivity contribution in [2.45, 2.75) is 26.9 Å². The molecule has 3 nitrogen and oxygen atoms in total. The number of rotatable bonds is 3. The van der Waals surface area contributed by atoms with Crippen LogP contribution in [0.2, 0.25) is 0 Å². The van der Waals surface area contributed by atoms with Gasteiger partial charge in [0.15, 0.2) is 0 Å². The van der Waals surface area contributed by atoms with E-state index in [0.717, 1.165) is 9.75 Å². The summed E-state index contributed by atoms with van der Waals surface area (Å²) in [5.41, 5.74) is 0.716. The molecular formula is C10H15NO2S. The van der Waals surface area contributed by atoms with Crippen LogP contribution in [0.4, 0.5) is 0 Å². The molecule has 0 aromatic carbocycles.